The molecule has 0 aromatic rings. The molecule has 2 aliphatic heterocycles. The average Bonchev–Trinajstić information content (AvgIpc) is 2.98. The van der Waals surface area contributed by atoms with E-state index in [1.807, 2.05) is 11.8 Å². The van der Waals surface area contributed by atoms with Crippen molar-refractivity contribution in [3.63, 3.8) is 0 Å². The van der Waals surface area contributed by atoms with Crippen molar-refractivity contribution in [3.05, 3.63) is 0 Å². The summed E-state index contributed by atoms with van der Waals surface area (Å²) in [6.45, 7) is 9.44. The number of thioether (sulfide) groups is 1. The van der Waals surface area contributed by atoms with Gasteiger partial charge in [-0.2, -0.15) is 0 Å². The zero-order valence-corrected chi connectivity index (χ0v) is 12.0. The van der Waals surface area contributed by atoms with Crippen LogP contribution in [-0.4, -0.2) is 35.4 Å². The molecule has 0 fully saturated rings. The van der Waals surface area contributed by atoms with Crippen LogP contribution < -0.4 is 0 Å². The van der Waals surface area contributed by atoms with Crippen LogP contribution in [0, 0.1) is 5.41 Å². The van der Waals surface area contributed by atoms with Gasteiger partial charge in [0.2, 0.25) is 0 Å². The van der Waals surface area contributed by atoms with Gasteiger partial charge in [0.15, 0.2) is 5.90 Å². The van der Waals surface area contributed by atoms with Gasteiger partial charge in [-0.1, -0.05) is 13.8 Å². The smallest absolute Gasteiger partial charge is 0.196 e. The first-order chi connectivity index (χ1) is 8.07. The van der Waals surface area contributed by atoms with Crippen molar-refractivity contribution in [2.75, 3.05) is 12.4 Å². The molecule has 0 aliphatic carbocycles. The van der Waals surface area contributed by atoms with Crippen LogP contribution in [0.3, 0.4) is 0 Å². The van der Waals surface area contributed by atoms with Crippen LogP contribution in [-0.2, 0) is 4.74 Å². The monoisotopic (exact) mass is 254 g/mol. The Kier molecular flexibility index (Phi) is 3.81. The summed E-state index contributed by atoms with van der Waals surface area (Å²) in [6.07, 6.45) is 2.17. The molecule has 2 heterocycles. The highest BCUT2D eigenvalue weighted by Crippen LogP contribution is 2.35. The number of aliphatic imine (C=N–C) groups is 2. The summed E-state index contributed by atoms with van der Waals surface area (Å²) in [5, 5.41) is 1.19. The van der Waals surface area contributed by atoms with E-state index in [4.69, 9.17) is 9.73 Å². The Morgan fingerprint density at radius 2 is 1.94 bits per heavy atom. The molecular formula is C13H22N2OS. The third-order valence-corrected chi connectivity index (χ3v) is 4.88. The van der Waals surface area contributed by atoms with E-state index in [9.17, 15) is 0 Å². The molecule has 0 spiro atoms. The highest BCUT2D eigenvalue weighted by Gasteiger charge is 2.39. The van der Waals surface area contributed by atoms with Gasteiger partial charge in [-0.25, -0.2) is 4.99 Å². The minimum atomic E-state index is -0.140. The first kappa shape index (κ1) is 12.9. The fourth-order valence-electron chi connectivity index (χ4n) is 2.02. The highest BCUT2D eigenvalue weighted by atomic mass is 32.2. The van der Waals surface area contributed by atoms with Crippen molar-refractivity contribution in [2.24, 2.45) is 15.4 Å². The maximum Gasteiger partial charge on any atom is 0.196 e. The quantitative estimate of drug-likeness (QED) is 0.772. The van der Waals surface area contributed by atoms with Crippen molar-refractivity contribution in [1.82, 2.24) is 0 Å². The van der Waals surface area contributed by atoms with Crippen LogP contribution in [0.15, 0.2) is 9.98 Å². The van der Waals surface area contributed by atoms with Crippen molar-refractivity contribution >= 4 is 22.7 Å². The molecule has 96 valence electrons. The standard InChI is InChI=1S/C13H22N2OS/c1-5-9-7-16-11(14-9)13(3,4)12-15-10(6-2)8-17-12/h9-10H,5-8H2,1-4H3/t9-,10+/m1/s1. The Hall–Kier alpha value is -0.510. The molecule has 3 nitrogen and oxygen atoms in total. The lowest BCUT2D eigenvalue weighted by Gasteiger charge is -2.23. The molecule has 0 unspecified atom stereocenters. The molecule has 2 atom stereocenters. The summed E-state index contributed by atoms with van der Waals surface area (Å²) in [7, 11) is 0. The topological polar surface area (TPSA) is 34.0 Å². The average molecular weight is 254 g/mol. The summed E-state index contributed by atoms with van der Waals surface area (Å²) < 4.78 is 5.76. The lowest BCUT2D eigenvalue weighted by Crippen LogP contribution is -2.31. The molecule has 0 N–H and O–H groups in total. The Morgan fingerprint density at radius 1 is 1.24 bits per heavy atom. The lowest BCUT2D eigenvalue weighted by atomic mass is 9.94. The van der Waals surface area contributed by atoms with E-state index in [0.29, 0.717) is 12.1 Å². The molecule has 0 saturated heterocycles. The fourth-order valence-corrected chi connectivity index (χ4v) is 3.36. The highest BCUT2D eigenvalue weighted by molar-refractivity contribution is 8.14. The van der Waals surface area contributed by atoms with E-state index in [1.54, 1.807) is 0 Å². The summed E-state index contributed by atoms with van der Waals surface area (Å²) >= 11 is 1.87. The number of nitrogens with zero attached hydrogens (tertiary/aromatic N) is 2. The second kappa shape index (κ2) is 5.01. The fraction of sp³-hybridized carbons (Fsp3) is 0.846. The zero-order valence-electron chi connectivity index (χ0n) is 11.2. The van der Waals surface area contributed by atoms with Crippen LogP contribution in [0.1, 0.15) is 40.5 Å². The Balaban J connectivity index is 2.14. The molecule has 2 aliphatic rings. The largest absolute Gasteiger partial charge is 0.478 e. The molecular weight excluding hydrogens is 232 g/mol. The third kappa shape index (κ3) is 2.51. The molecule has 4 heteroatoms. The van der Waals surface area contributed by atoms with E-state index < -0.39 is 0 Å². The van der Waals surface area contributed by atoms with Gasteiger partial charge < -0.3 is 4.74 Å². The Labute approximate surface area is 108 Å². The van der Waals surface area contributed by atoms with E-state index >= 15 is 0 Å². The first-order valence-corrected chi connectivity index (χ1v) is 7.48. The summed E-state index contributed by atoms with van der Waals surface area (Å²) in [5.74, 6) is 1.99. The first-order valence-electron chi connectivity index (χ1n) is 6.50. The van der Waals surface area contributed by atoms with E-state index in [-0.39, 0.29) is 5.41 Å². The van der Waals surface area contributed by atoms with Gasteiger partial charge in [0, 0.05) is 5.75 Å². The van der Waals surface area contributed by atoms with Gasteiger partial charge in [-0.15, -0.1) is 11.8 Å². The van der Waals surface area contributed by atoms with E-state index in [0.717, 1.165) is 31.1 Å². The van der Waals surface area contributed by atoms with Crippen molar-refractivity contribution in [1.29, 1.82) is 0 Å². The number of hydrogen-bond acceptors (Lipinski definition) is 4. The Morgan fingerprint density at radius 3 is 2.47 bits per heavy atom. The second-order valence-corrected chi connectivity index (χ2v) is 6.25. The van der Waals surface area contributed by atoms with Gasteiger partial charge in [0.25, 0.3) is 0 Å². The molecule has 0 saturated carbocycles. The number of hydrogen-bond donors (Lipinski definition) is 0. The van der Waals surface area contributed by atoms with Gasteiger partial charge in [0.1, 0.15) is 6.61 Å². The van der Waals surface area contributed by atoms with Crippen LogP contribution >= 0.6 is 11.8 Å². The van der Waals surface area contributed by atoms with E-state index in [2.05, 4.69) is 32.7 Å². The predicted octanol–water partition coefficient (Wildman–Crippen LogP) is 3.14. The summed E-state index contributed by atoms with van der Waals surface area (Å²) in [5.41, 5.74) is -0.140. The van der Waals surface area contributed by atoms with Crippen LogP contribution in [0.25, 0.3) is 0 Å². The Bertz CT molecular complexity index is 317. The van der Waals surface area contributed by atoms with Crippen LogP contribution in [0.2, 0.25) is 0 Å². The maximum absolute atomic E-state index is 5.76. The summed E-state index contributed by atoms with van der Waals surface area (Å²) in [4.78, 5) is 9.47. The second-order valence-electron chi connectivity index (χ2n) is 5.24. The van der Waals surface area contributed by atoms with E-state index in [1.165, 1.54) is 5.04 Å². The third-order valence-electron chi connectivity index (χ3n) is 3.44. The number of rotatable bonds is 4. The molecule has 0 bridgehead atoms. The predicted molar refractivity (Wildman–Crippen MR) is 75.2 cm³/mol. The molecule has 17 heavy (non-hydrogen) atoms. The molecule has 0 aromatic carbocycles. The van der Waals surface area contributed by atoms with Gasteiger partial charge in [-0.3, -0.25) is 4.99 Å². The van der Waals surface area contributed by atoms with Gasteiger partial charge in [0.05, 0.1) is 22.5 Å². The van der Waals surface area contributed by atoms with Gasteiger partial charge in [-0.05, 0) is 26.7 Å². The van der Waals surface area contributed by atoms with Crippen molar-refractivity contribution in [2.45, 2.75) is 52.6 Å². The maximum atomic E-state index is 5.76. The van der Waals surface area contributed by atoms with Crippen LogP contribution in [0.4, 0.5) is 0 Å². The normalized spacial score (nSPS) is 28.9. The number of ether oxygens (including phenoxy) is 1. The minimum Gasteiger partial charge on any atom is -0.478 e. The molecule has 0 amide bonds. The van der Waals surface area contributed by atoms with Crippen LogP contribution in [0.5, 0.6) is 0 Å². The van der Waals surface area contributed by atoms with Crippen molar-refractivity contribution in [3.8, 4) is 0 Å². The lowest BCUT2D eigenvalue weighted by molar-refractivity contribution is 0.292. The zero-order chi connectivity index (χ0) is 12.5. The summed E-state index contributed by atoms with van der Waals surface area (Å²) in [6, 6.07) is 0.830. The SMILES string of the molecule is CC[C@@H]1COC(C(C)(C)C2=N[C@@H](CC)CS2)=N1. The van der Waals surface area contributed by atoms with Crippen molar-refractivity contribution < 1.29 is 4.74 Å². The van der Waals surface area contributed by atoms with Gasteiger partial charge >= 0.3 is 0 Å². The molecule has 2 rings (SSSR count). The molecule has 0 aromatic heterocycles. The minimum absolute atomic E-state index is 0.140. The molecule has 0 radical (unpaired) electrons.